The van der Waals surface area contributed by atoms with Gasteiger partial charge in [0.05, 0.1) is 12.2 Å². The Bertz CT molecular complexity index is 502. The molecule has 0 fully saturated rings. The molecule has 1 aromatic rings. The molecular weight excluding hydrogens is 262 g/mol. The van der Waals surface area contributed by atoms with Crippen LogP contribution < -0.4 is 10.6 Å². The highest BCUT2D eigenvalue weighted by atomic mass is 16.4. The maximum Gasteiger partial charge on any atom is 0.321 e. The number of aromatic nitrogens is 1. The summed E-state index contributed by atoms with van der Waals surface area (Å²) in [7, 11) is 0. The molecule has 0 unspecified atom stereocenters. The van der Waals surface area contributed by atoms with E-state index in [9.17, 15) is 14.4 Å². The Kier molecular flexibility index (Phi) is 6.15. The number of carbonyl (C=O) groups is 3. The quantitative estimate of drug-likeness (QED) is 0.719. The Labute approximate surface area is 116 Å². The van der Waals surface area contributed by atoms with Gasteiger partial charge in [-0.05, 0) is 25.0 Å². The van der Waals surface area contributed by atoms with Gasteiger partial charge >= 0.3 is 12.0 Å². The van der Waals surface area contributed by atoms with Crippen molar-refractivity contribution in [2.75, 3.05) is 0 Å². The van der Waals surface area contributed by atoms with E-state index in [1.807, 2.05) is 13.0 Å². The van der Waals surface area contributed by atoms with Crippen LogP contribution in [0.25, 0.3) is 0 Å². The molecule has 3 N–H and O–H groups in total. The molecule has 3 amide bonds. The molecule has 7 heteroatoms. The third-order valence-electron chi connectivity index (χ3n) is 2.58. The number of carboxylic acid groups (broad SMARTS) is 1. The first-order valence-corrected chi connectivity index (χ1v) is 6.19. The number of hydrogen-bond donors (Lipinski definition) is 3. The van der Waals surface area contributed by atoms with Crippen molar-refractivity contribution in [1.82, 2.24) is 15.6 Å². The van der Waals surface area contributed by atoms with Gasteiger partial charge in [-0.15, -0.1) is 0 Å². The first-order chi connectivity index (χ1) is 9.49. The third kappa shape index (κ3) is 5.94. The highest BCUT2D eigenvalue weighted by molar-refractivity contribution is 5.94. The largest absolute Gasteiger partial charge is 0.481 e. The number of hydrogen-bond acceptors (Lipinski definition) is 4. The van der Waals surface area contributed by atoms with Crippen molar-refractivity contribution in [2.45, 2.75) is 32.7 Å². The Morgan fingerprint density at radius 2 is 2.05 bits per heavy atom. The summed E-state index contributed by atoms with van der Waals surface area (Å²) in [4.78, 5) is 37.2. The van der Waals surface area contributed by atoms with Crippen molar-refractivity contribution >= 4 is 17.9 Å². The van der Waals surface area contributed by atoms with Gasteiger partial charge in [-0.3, -0.25) is 19.9 Å². The Morgan fingerprint density at radius 3 is 2.70 bits per heavy atom. The normalized spacial score (nSPS) is 9.85. The molecule has 0 bridgehead atoms. The van der Waals surface area contributed by atoms with E-state index in [2.05, 4.69) is 15.6 Å². The monoisotopic (exact) mass is 279 g/mol. The highest BCUT2D eigenvalue weighted by Gasteiger charge is 2.09. The van der Waals surface area contributed by atoms with E-state index in [4.69, 9.17) is 5.11 Å². The Balaban J connectivity index is 2.28. The number of carbonyl (C=O) groups excluding carboxylic acids is 2. The smallest absolute Gasteiger partial charge is 0.321 e. The number of aliphatic carboxylic acids is 1. The van der Waals surface area contributed by atoms with Crippen molar-refractivity contribution < 1.29 is 19.5 Å². The van der Waals surface area contributed by atoms with Gasteiger partial charge < -0.3 is 10.4 Å². The minimum Gasteiger partial charge on any atom is -0.481 e. The summed E-state index contributed by atoms with van der Waals surface area (Å²) in [6.07, 6.45) is 1.73. The fraction of sp³-hybridized carbons (Fsp3) is 0.385. The van der Waals surface area contributed by atoms with Crippen LogP contribution in [0.2, 0.25) is 0 Å². The van der Waals surface area contributed by atoms with E-state index in [1.54, 1.807) is 12.3 Å². The molecule has 0 radical (unpaired) electrons. The lowest BCUT2D eigenvalue weighted by Crippen LogP contribution is -2.39. The van der Waals surface area contributed by atoms with Crippen molar-refractivity contribution in [1.29, 1.82) is 0 Å². The van der Waals surface area contributed by atoms with Gasteiger partial charge in [-0.25, -0.2) is 4.79 Å². The summed E-state index contributed by atoms with van der Waals surface area (Å²) in [5.41, 5.74) is 1.67. The predicted molar refractivity (Wildman–Crippen MR) is 70.8 cm³/mol. The highest BCUT2D eigenvalue weighted by Crippen LogP contribution is 2.02. The molecule has 0 spiro atoms. The van der Waals surface area contributed by atoms with Gasteiger partial charge in [0.15, 0.2) is 0 Å². The number of rotatable bonds is 6. The van der Waals surface area contributed by atoms with Crippen molar-refractivity contribution in [3.63, 3.8) is 0 Å². The molecule has 0 atom stereocenters. The van der Waals surface area contributed by atoms with Crippen molar-refractivity contribution in [3.05, 3.63) is 29.6 Å². The van der Waals surface area contributed by atoms with Crippen molar-refractivity contribution in [3.8, 4) is 0 Å². The second kappa shape index (κ2) is 7.88. The lowest BCUT2D eigenvalue weighted by Gasteiger charge is -2.07. The summed E-state index contributed by atoms with van der Waals surface area (Å²) in [5.74, 6) is -1.46. The van der Waals surface area contributed by atoms with Crippen LogP contribution in [0.3, 0.4) is 0 Å². The lowest BCUT2D eigenvalue weighted by atomic mass is 10.2. The minimum atomic E-state index is -0.965. The van der Waals surface area contributed by atoms with Crippen molar-refractivity contribution in [2.24, 2.45) is 0 Å². The summed E-state index contributed by atoms with van der Waals surface area (Å²) in [6.45, 7) is 2.10. The summed E-state index contributed by atoms with van der Waals surface area (Å²) in [5, 5.41) is 13.1. The topological polar surface area (TPSA) is 108 Å². The number of imide groups is 1. The summed E-state index contributed by atoms with van der Waals surface area (Å²) < 4.78 is 0. The molecular formula is C13H17N3O4. The second-order valence-electron chi connectivity index (χ2n) is 4.25. The van der Waals surface area contributed by atoms with Crippen LogP contribution >= 0.6 is 0 Å². The van der Waals surface area contributed by atoms with Crippen LogP contribution in [0.15, 0.2) is 18.3 Å². The standard InChI is InChI=1S/C13H17N3O4/c1-9-4-3-7-14-10(9)8-15-13(20)16-11(17)5-2-6-12(18)19/h3-4,7H,2,5-6,8H2,1H3,(H,18,19)(H2,15,16,17,20). The number of carboxylic acids is 1. The van der Waals surface area contributed by atoms with Crippen LogP contribution in [0.1, 0.15) is 30.5 Å². The zero-order valence-electron chi connectivity index (χ0n) is 11.2. The number of pyridine rings is 1. The maximum absolute atomic E-state index is 11.4. The van der Waals surface area contributed by atoms with Gasteiger partial charge in [0.1, 0.15) is 0 Å². The van der Waals surface area contributed by atoms with E-state index >= 15 is 0 Å². The van der Waals surface area contributed by atoms with E-state index in [-0.39, 0.29) is 25.8 Å². The molecule has 20 heavy (non-hydrogen) atoms. The molecule has 108 valence electrons. The molecule has 7 nitrogen and oxygen atoms in total. The minimum absolute atomic E-state index is 0.00232. The molecule has 1 rings (SSSR count). The number of aryl methyl sites for hydroxylation is 1. The fourth-order valence-corrected chi connectivity index (χ4v) is 1.50. The molecule has 0 aliphatic carbocycles. The zero-order chi connectivity index (χ0) is 15.0. The van der Waals surface area contributed by atoms with Gasteiger partial charge in [0.25, 0.3) is 0 Å². The Hall–Kier alpha value is -2.44. The summed E-state index contributed by atoms with van der Waals surface area (Å²) in [6, 6.07) is 3.06. The average molecular weight is 279 g/mol. The van der Waals surface area contributed by atoms with Gasteiger partial charge in [-0.2, -0.15) is 0 Å². The molecule has 0 aromatic carbocycles. The van der Waals surface area contributed by atoms with Gasteiger partial charge in [0, 0.05) is 19.0 Å². The molecule has 1 aromatic heterocycles. The SMILES string of the molecule is Cc1cccnc1CNC(=O)NC(=O)CCCC(=O)O. The third-order valence-corrected chi connectivity index (χ3v) is 2.58. The fourth-order valence-electron chi connectivity index (χ4n) is 1.50. The number of nitrogens with one attached hydrogen (secondary N) is 2. The van der Waals surface area contributed by atoms with Gasteiger partial charge in [-0.1, -0.05) is 6.07 Å². The number of nitrogens with zero attached hydrogens (tertiary/aromatic N) is 1. The average Bonchev–Trinajstić information content (AvgIpc) is 2.37. The molecule has 0 saturated heterocycles. The molecule has 1 heterocycles. The van der Waals surface area contributed by atoms with Gasteiger partial charge in [0.2, 0.25) is 5.91 Å². The second-order valence-corrected chi connectivity index (χ2v) is 4.25. The first-order valence-electron chi connectivity index (χ1n) is 6.19. The molecule has 0 aliphatic rings. The van der Waals surface area contributed by atoms with E-state index in [0.29, 0.717) is 0 Å². The van der Waals surface area contributed by atoms with Crippen LogP contribution in [0.4, 0.5) is 4.79 Å². The maximum atomic E-state index is 11.4. The first kappa shape index (κ1) is 15.6. The lowest BCUT2D eigenvalue weighted by molar-refractivity contribution is -0.137. The summed E-state index contributed by atoms with van der Waals surface area (Å²) >= 11 is 0. The number of amides is 3. The van der Waals surface area contributed by atoms with E-state index in [0.717, 1.165) is 11.3 Å². The van der Waals surface area contributed by atoms with Crippen LogP contribution in [0, 0.1) is 6.92 Å². The van der Waals surface area contributed by atoms with Crippen LogP contribution in [0.5, 0.6) is 0 Å². The van der Waals surface area contributed by atoms with E-state index < -0.39 is 17.9 Å². The van der Waals surface area contributed by atoms with E-state index in [1.165, 1.54) is 0 Å². The predicted octanol–water partition coefficient (Wildman–Crippen LogP) is 0.971. The van der Waals surface area contributed by atoms with Crippen LogP contribution in [-0.4, -0.2) is 28.0 Å². The Morgan fingerprint density at radius 1 is 1.30 bits per heavy atom. The zero-order valence-corrected chi connectivity index (χ0v) is 11.2. The molecule has 0 saturated carbocycles. The number of urea groups is 1. The van der Waals surface area contributed by atoms with Crippen LogP contribution in [-0.2, 0) is 16.1 Å². The molecule has 0 aliphatic heterocycles.